The standard InChI is InChI=1S/C27H40O3/c1-17(6-13-25(29)20-8-9-20)23-11-12-24-19(5-4-14-27(23,24)3)7-10-21-15-22(28)16-26(30)18(21)2/h6-7,10,13,17,20,22-26,28-30H,2,4-5,8-9,11-12,14-16H2,1,3H3/b13-6+,19-7+,21-10-/t17-,22-,23-,24?,25-,26+,27?/m1/s1. The second kappa shape index (κ2) is 8.76. The van der Waals surface area contributed by atoms with Crippen LogP contribution in [0.25, 0.3) is 0 Å². The van der Waals surface area contributed by atoms with Crippen molar-refractivity contribution < 1.29 is 15.3 Å². The molecule has 3 nitrogen and oxygen atoms in total. The van der Waals surface area contributed by atoms with Crippen LogP contribution >= 0.6 is 0 Å². The van der Waals surface area contributed by atoms with E-state index in [-0.39, 0.29) is 6.10 Å². The molecule has 166 valence electrons. The Hall–Kier alpha value is -1.16. The van der Waals surface area contributed by atoms with Crippen molar-refractivity contribution in [1.29, 1.82) is 0 Å². The minimum absolute atomic E-state index is 0.250. The lowest BCUT2D eigenvalue weighted by atomic mass is 9.61. The van der Waals surface area contributed by atoms with Gasteiger partial charge in [0.2, 0.25) is 0 Å². The van der Waals surface area contributed by atoms with Crippen LogP contribution in [0.1, 0.15) is 71.6 Å². The molecule has 0 aromatic rings. The van der Waals surface area contributed by atoms with Crippen LogP contribution in [-0.2, 0) is 0 Å². The molecule has 0 spiro atoms. The molecule has 0 heterocycles. The van der Waals surface area contributed by atoms with Gasteiger partial charge in [-0.1, -0.05) is 50.3 Å². The summed E-state index contributed by atoms with van der Waals surface area (Å²) in [4.78, 5) is 0. The Morgan fingerprint density at radius 3 is 2.60 bits per heavy atom. The van der Waals surface area contributed by atoms with Gasteiger partial charge in [-0.3, -0.25) is 0 Å². The third kappa shape index (κ3) is 4.40. The number of rotatable bonds is 5. The van der Waals surface area contributed by atoms with E-state index in [2.05, 4.69) is 44.7 Å². The third-order valence-electron chi connectivity index (χ3n) is 8.65. The summed E-state index contributed by atoms with van der Waals surface area (Å²) >= 11 is 0. The average Bonchev–Trinajstić information content (AvgIpc) is 3.49. The summed E-state index contributed by atoms with van der Waals surface area (Å²) in [5.41, 5.74) is 3.63. The summed E-state index contributed by atoms with van der Waals surface area (Å²) in [7, 11) is 0. The molecule has 0 radical (unpaired) electrons. The highest BCUT2D eigenvalue weighted by atomic mass is 16.3. The zero-order chi connectivity index (χ0) is 21.5. The predicted octanol–water partition coefficient (Wildman–Crippen LogP) is 5.09. The molecular formula is C27H40O3. The summed E-state index contributed by atoms with van der Waals surface area (Å²) in [6.07, 6.45) is 16.9. The molecule has 4 aliphatic rings. The highest BCUT2D eigenvalue weighted by molar-refractivity contribution is 5.38. The lowest BCUT2D eigenvalue weighted by Gasteiger charge is -2.44. The van der Waals surface area contributed by atoms with Crippen molar-refractivity contribution in [2.24, 2.45) is 29.1 Å². The molecule has 7 atom stereocenters. The maximum Gasteiger partial charge on any atom is 0.0811 e. The van der Waals surface area contributed by atoms with Gasteiger partial charge in [-0.2, -0.15) is 0 Å². The van der Waals surface area contributed by atoms with E-state index in [0.29, 0.717) is 41.9 Å². The number of aliphatic hydroxyl groups is 3. The second-order valence-corrected chi connectivity index (χ2v) is 10.7. The molecule has 3 N–H and O–H groups in total. The van der Waals surface area contributed by atoms with Gasteiger partial charge >= 0.3 is 0 Å². The molecule has 30 heavy (non-hydrogen) atoms. The summed E-state index contributed by atoms with van der Waals surface area (Å²) in [6.45, 7) is 8.88. The van der Waals surface area contributed by atoms with Crippen LogP contribution in [0, 0.1) is 29.1 Å². The molecule has 4 aliphatic carbocycles. The predicted molar refractivity (Wildman–Crippen MR) is 122 cm³/mol. The maximum absolute atomic E-state index is 10.2. The number of hydrogen-bond donors (Lipinski definition) is 3. The molecule has 4 saturated carbocycles. The van der Waals surface area contributed by atoms with E-state index >= 15 is 0 Å². The van der Waals surface area contributed by atoms with E-state index in [9.17, 15) is 15.3 Å². The normalized spacial score (nSPS) is 42.1. The van der Waals surface area contributed by atoms with Gasteiger partial charge in [0.25, 0.3) is 0 Å². The number of allylic oxidation sites excluding steroid dienone is 4. The van der Waals surface area contributed by atoms with E-state index < -0.39 is 12.2 Å². The van der Waals surface area contributed by atoms with E-state index in [4.69, 9.17) is 0 Å². The van der Waals surface area contributed by atoms with E-state index in [0.717, 1.165) is 17.6 Å². The van der Waals surface area contributed by atoms with Crippen molar-refractivity contribution in [3.63, 3.8) is 0 Å². The van der Waals surface area contributed by atoms with Crippen molar-refractivity contribution in [3.05, 3.63) is 47.6 Å². The minimum Gasteiger partial charge on any atom is -0.393 e. The topological polar surface area (TPSA) is 60.7 Å². The van der Waals surface area contributed by atoms with Crippen LogP contribution in [0.3, 0.4) is 0 Å². The third-order valence-corrected chi connectivity index (χ3v) is 8.65. The fourth-order valence-corrected chi connectivity index (χ4v) is 6.63. The molecule has 0 aromatic carbocycles. The van der Waals surface area contributed by atoms with Crippen molar-refractivity contribution in [1.82, 2.24) is 0 Å². The van der Waals surface area contributed by atoms with Crippen LogP contribution in [0.2, 0.25) is 0 Å². The van der Waals surface area contributed by atoms with Gasteiger partial charge in [-0.05, 0) is 91.6 Å². The first kappa shape index (κ1) is 22.0. The van der Waals surface area contributed by atoms with Gasteiger partial charge in [0.15, 0.2) is 0 Å². The van der Waals surface area contributed by atoms with Crippen LogP contribution in [-0.4, -0.2) is 33.6 Å². The van der Waals surface area contributed by atoms with Gasteiger partial charge < -0.3 is 15.3 Å². The van der Waals surface area contributed by atoms with Gasteiger partial charge in [-0.25, -0.2) is 0 Å². The summed E-state index contributed by atoms with van der Waals surface area (Å²) < 4.78 is 0. The lowest BCUT2D eigenvalue weighted by molar-refractivity contribution is 0.0862. The van der Waals surface area contributed by atoms with Crippen molar-refractivity contribution in [2.75, 3.05) is 0 Å². The molecular weight excluding hydrogens is 372 g/mol. The minimum atomic E-state index is -0.621. The Labute approximate surface area is 182 Å². The quantitative estimate of drug-likeness (QED) is 0.551. The monoisotopic (exact) mass is 412 g/mol. The van der Waals surface area contributed by atoms with E-state index in [1.165, 1.54) is 44.1 Å². The summed E-state index contributed by atoms with van der Waals surface area (Å²) in [6, 6.07) is 0. The molecule has 4 rings (SSSR count). The molecule has 3 heteroatoms. The highest BCUT2D eigenvalue weighted by Crippen LogP contribution is 2.59. The first-order valence-electron chi connectivity index (χ1n) is 12.1. The van der Waals surface area contributed by atoms with Crippen molar-refractivity contribution in [2.45, 2.75) is 89.9 Å². The zero-order valence-electron chi connectivity index (χ0n) is 18.8. The first-order chi connectivity index (χ1) is 14.3. The Kier molecular flexibility index (Phi) is 6.44. The Bertz CT molecular complexity index is 743. The first-order valence-corrected chi connectivity index (χ1v) is 12.1. The van der Waals surface area contributed by atoms with Crippen molar-refractivity contribution >= 4 is 0 Å². The Morgan fingerprint density at radius 1 is 1.10 bits per heavy atom. The van der Waals surface area contributed by atoms with Crippen LogP contribution in [0.15, 0.2) is 47.6 Å². The second-order valence-electron chi connectivity index (χ2n) is 10.7. The van der Waals surface area contributed by atoms with Crippen LogP contribution < -0.4 is 0 Å². The maximum atomic E-state index is 10.2. The van der Waals surface area contributed by atoms with Crippen LogP contribution in [0.5, 0.6) is 0 Å². The Balaban J connectivity index is 1.48. The van der Waals surface area contributed by atoms with E-state index in [1.54, 1.807) is 0 Å². The largest absolute Gasteiger partial charge is 0.393 e. The Morgan fingerprint density at radius 2 is 1.87 bits per heavy atom. The van der Waals surface area contributed by atoms with Gasteiger partial charge in [-0.15, -0.1) is 0 Å². The molecule has 4 fully saturated rings. The zero-order valence-corrected chi connectivity index (χ0v) is 18.8. The summed E-state index contributed by atoms with van der Waals surface area (Å²) in [5.74, 6) is 2.28. The van der Waals surface area contributed by atoms with E-state index in [1.807, 2.05) is 0 Å². The fourth-order valence-electron chi connectivity index (χ4n) is 6.63. The SMILES string of the molecule is C=C1/C(=C\C=C2/CCCC3(C)C2CC[C@@H]3[C@H](C)/C=C/[C@@H](O)C2CC2)C[C@@H](O)C[C@@H]1O. The molecule has 2 unspecified atom stereocenters. The van der Waals surface area contributed by atoms with Gasteiger partial charge in [0.05, 0.1) is 18.3 Å². The smallest absolute Gasteiger partial charge is 0.0811 e. The molecule has 0 amide bonds. The molecule has 0 aliphatic heterocycles. The fraction of sp³-hybridized carbons (Fsp3) is 0.704. The lowest BCUT2D eigenvalue weighted by Crippen LogP contribution is -2.35. The molecule has 0 aromatic heterocycles. The molecule has 0 bridgehead atoms. The average molecular weight is 413 g/mol. The number of fused-ring (bicyclic) bond motifs is 1. The van der Waals surface area contributed by atoms with Gasteiger partial charge in [0, 0.05) is 6.42 Å². The number of hydrogen-bond acceptors (Lipinski definition) is 3. The van der Waals surface area contributed by atoms with Gasteiger partial charge in [0.1, 0.15) is 0 Å². The highest BCUT2D eigenvalue weighted by Gasteiger charge is 2.50. The van der Waals surface area contributed by atoms with Crippen LogP contribution in [0.4, 0.5) is 0 Å². The summed E-state index contributed by atoms with van der Waals surface area (Å²) in [5, 5.41) is 30.4. The molecule has 0 saturated heterocycles. The van der Waals surface area contributed by atoms with Crippen molar-refractivity contribution in [3.8, 4) is 0 Å². The number of aliphatic hydroxyl groups excluding tert-OH is 3.